The van der Waals surface area contributed by atoms with Gasteiger partial charge in [0.15, 0.2) is 4.47 Å². The largest absolute Gasteiger partial charge is 0.347 e. The van der Waals surface area contributed by atoms with Gasteiger partial charge in [-0.15, -0.1) is 11.3 Å². The van der Waals surface area contributed by atoms with Crippen molar-refractivity contribution in [1.82, 2.24) is 14.9 Å². The number of ketones is 1. The zero-order valence-electron chi connectivity index (χ0n) is 13.2. The van der Waals surface area contributed by atoms with Crippen molar-refractivity contribution in [2.24, 2.45) is 0 Å². The summed E-state index contributed by atoms with van der Waals surface area (Å²) in [7, 11) is 0. The second-order valence-corrected chi connectivity index (χ2v) is 7.65. The van der Waals surface area contributed by atoms with E-state index in [1.807, 2.05) is 53.5 Å². The van der Waals surface area contributed by atoms with Crippen LogP contribution in [0.4, 0.5) is 0 Å². The smallest absolute Gasteiger partial charge is 0.202 e. The van der Waals surface area contributed by atoms with Crippen LogP contribution in [0, 0.1) is 0 Å². The molecule has 0 spiro atoms. The highest BCUT2D eigenvalue weighted by atomic mass is 35.5. The fourth-order valence-electron chi connectivity index (χ4n) is 3.31. The van der Waals surface area contributed by atoms with Gasteiger partial charge >= 0.3 is 0 Å². The third-order valence-electron chi connectivity index (χ3n) is 4.46. The number of benzene rings is 1. The Labute approximate surface area is 154 Å². The van der Waals surface area contributed by atoms with E-state index < -0.39 is 6.04 Å². The number of hydrogen-bond donors (Lipinski definition) is 1. The number of nitrogens with zero attached hydrogens (tertiary/aromatic N) is 3. The Kier molecular flexibility index (Phi) is 4.43. The Hall–Kier alpha value is -1.99. The summed E-state index contributed by atoms with van der Waals surface area (Å²) in [5.74, 6) is -0.100. The van der Waals surface area contributed by atoms with Gasteiger partial charge in [0.05, 0.1) is 5.70 Å². The maximum absolute atomic E-state index is 13.0. The van der Waals surface area contributed by atoms with Crippen molar-refractivity contribution in [1.29, 1.82) is 0 Å². The van der Waals surface area contributed by atoms with E-state index in [1.54, 1.807) is 6.20 Å². The Morgan fingerprint density at radius 2 is 2.12 bits per heavy atom. The van der Waals surface area contributed by atoms with E-state index in [1.165, 1.54) is 16.4 Å². The van der Waals surface area contributed by atoms with E-state index in [4.69, 9.17) is 11.6 Å². The zero-order chi connectivity index (χ0) is 17.4. The lowest BCUT2D eigenvalue weighted by Gasteiger charge is -2.46. The number of hydroxylamine groups is 2. The number of allylic oxidation sites excluding steroid dienone is 2. The molecule has 7 heteroatoms. The second kappa shape index (κ2) is 6.72. The Morgan fingerprint density at radius 3 is 2.84 bits per heavy atom. The summed E-state index contributed by atoms with van der Waals surface area (Å²) in [6.45, 7) is 0.577. The first kappa shape index (κ1) is 16.5. The highest BCUT2D eigenvalue weighted by Gasteiger charge is 2.44. The summed E-state index contributed by atoms with van der Waals surface area (Å²) in [6.07, 6.45) is 7.57. The Balaban J connectivity index is 1.73. The van der Waals surface area contributed by atoms with Gasteiger partial charge in [0.1, 0.15) is 12.2 Å². The number of fused-ring (bicyclic) bond motifs is 1. The molecule has 0 saturated carbocycles. The average Bonchev–Trinajstić information content (AvgIpc) is 3.05. The van der Waals surface area contributed by atoms with Crippen molar-refractivity contribution in [3.63, 3.8) is 0 Å². The molecule has 4 rings (SSSR count). The highest BCUT2D eigenvalue weighted by molar-refractivity contribution is 7.15. The molecule has 1 aromatic heterocycles. The summed E-state index contributed by atoms with van der Waals surface area (Å²) >= 11 is 7.33. The van der Waals surface area contributed by atoms with Gasteiger partial charge < -0.3 is 10.1 Å². The van der Waals surface area contributed by atoms with E-state index in [-0.39, 0.29) is 11.9 Å². The fraction of sp³-hybridized carbons (Fsp3) is 0.222. The summed E-state index contributed by atoms with van der Waals surface area (Å²) in [4.78, 5) is 20.0. The molecule has 1 N–H and O–H groups in total. The maximum atomic E-state index is 13.0. The Bertz CT molecular complexity index is 849. The molecule has 0 amide bonds. The van der Waals surface area contributed by atoms with Crippen molar-refractivity contribution in [3.05, 3.63) is 75.4 Å². The monoisotopic (exact) mass is 373 g/mol. The van der Waals surface area contributed by atoms with Crippen molar-refractivity contribution < 1.29 is 10.0 Å². The minimum Gasteiger partial charge on any atom is -0.347 e. The molecule has 0 aliphatic carbocycles. The molecule has 2 aliphatic rings. The van der Waals surface area contributed by atoms with Crippen LogP contribution in [0.25, 0.3) is 0 Å². The number of carbonyl (C=O) groups is 1. The second-order valence-electron chi connectivity index (χ2n) is 5.95. The minimum absolute atomic E-state index is 0.100. The molecule has 2 aromatic rings. The van der Waals surface area contributed by atoms with E-state index in [9.17, 15) is 10.0 Å². The first-order valence-electron chi connectivity index (χ1n) is 7.95. The van der Waals surface area contributed by atoms with Crippen molar-refractivity contribution in [2.75, 3.05) is 6.54 Å². The predicted octanol–water partition coefficient (Wildman–Crippen LogP) is 3.44. The molecule has 2 aliphatic heterocycles. The molecular formula is C18H16ClN3O2S. The van der Waals surface area contributed by atoms with Gasteiger partial charge in [0, 0.05) is 24.0 Å². The number of carbonyl (C=O) groups excluding carboxylic acids is 1. The zero-order valence-corrected chi connectivity index (χ0v) is 14.8. The molecule has 2 unspecified atom stereocenters. The van der Waals surface area contributed by atoms with Crippen LogP contribution in [0.1, 0.15) is 16.5 Å². The van der Waals surface area contributed by atoms with Gasteiger partial charge in [-0.1, -0.05) is 54.1 Å². The number of hydrogen-bond acceptors (Lipinski definition) is 6. The van der Waals surface area contributed by atoms with Crippen molar-refractivity contribution in [3.8, 4) is 0 Å². The number of Topliss-reactive ketones (excluding diaryl/α,β-unsaturated/α-hetero) is 1. The molecule has 1 aromatic carbocycles. The van der Waals surface area contributed by atoms with Crippen LogP contribution in [-0.4, -0.2) is 38.6 Å². The van der Waals surface area contributed by atoms with Crippen LogP contribution in [-0.2, 0) is 11.2 Å². The third kappa shape index (κ3) is 3.02. The van der Waals surface area contributed by atoms with Crippen LogP contribution >= 0.6 is 22.9 Å². The molecule has 2 atom stereocenters. The van der Waals surface area contributed by atoms with Crippen LogP contribution in [0.15, 0.2) is 60.5 Å². The fourth-order valence-corrected chi connectivity index (χ4v) is 4.32. The molecule has 128 valence electrons. The molecule has 0 bridgehead atoms. The average molecular weight is 374 g/mol. The van der Waals surface area contributed by atoms with Gasteiger partial charge in [-0.3, -0.25) is 4.79 Å². The first-order valence-corrected chi connectivity index (χ1v) is 9.14. The molecule has 25 heavy (non-hydrogen) atoms. The highest BCUT2D eigenvalue weighted by Crippen LogP contribution is 2.36. The molecule has 1 fully saturated rings. The van der Waals surface area contributed by atoms with E-state index in [0.29, 0.717) is 23.1 Å². The molecular weight excluding hydrogens is 358 g/mol. The number of thiazole rings is 1. The molecule has 5 nitrogen and oxygen atoms in total. The van der Waals surface area contributed by atoms with Crippen molar-refractivity contribution >= 4 is 28.7 Å². The summed E-state index contributed by atoms with van der Waals surface area (Å²) in [5, 5.41) is 12.1. The van der Waals surface area contributed by atoms with Crippen molar-refractivity contribution in [2.45, 2.75) is 18.6 Å². The van der Waals surface area contributed by atoms with Gasteiger partial charge in [-0.25, -0.2) is 4.98 Å². The summed E-state index contributed by atoms with van der Waals surface area (Å²) in [6, 6.07) is 8.64. The number of halogens is 1. The molecule has 1 saturated heterocycles. The maximum Gasteiger partial charge on any atom is 0.202 e. The lowest BCUT2D eigenvalue weighted by atomic mass is 9.94. The van der Waals surface area contributed by atoms with Gasteiger partial charge in [-0.05, 0) is 11.6 Å². The normalized spacial score (nSPS) is 23.5. The van der Waals surface area contributed by atoms with Crippen LogP contribution in [0.2, 0.25) is 4.47 Å². The van der Waals surface area contributed by atoms with Crippen LogP contribution < -0.4 is 0 Å². The molecule has 3 heterocycles. The predicted molar refractivity (Wildman–Crippen MR) is 96.4 cm³/mol. The number of rotatable bonds is 3. The van der Waals surface area contributed by atoms with E-state index >= 15 is 0 Å². The standard InChI is InChI=1S/C18H16ClN3O2S/c19-18-20-11-13(25-18)10-15-21-9-5-4-8-14(21)17(23)16(22(15)24)12-6-2-1-3-7-12/h1-8,11,15-16,24H,9-10H2. The summed E-state index contributed by atoms with van der Waals surface area (Å²) in [5.41, 5.74) is 1.40. The summed E-state index contributed by atoms with van der Waals surface area (Å²) < 4.78 is 0.472. The number of aromatic nitrogens is 1. The van der Waals surface area contributed by atoms with Crippen LogP contribution in [0.5, 0.6) is 0 Å². The quantitative estimate of drug-likeness (QED) is 0.893. The lowest BCUT2D eigenvalue weighted by Crippen LogP contribution is -2.57. The minimum atomic E-state index is -0.719. The van der Waals surface area contributed by atoms with Crippen LogP contribution in [0.3, 0.4) is 0 Å². The van der Waals surface area contributed by atoms with Gasteiger partial charge in [-0.2, -0.15) is 5.06 Å². The lowest BCUT2D eigenvalue weighted by molar-refractivity contribution is -0.209. The van der Waals surface area contributed by atoms with Gasteiger partial charge in [0.2, 0.25) is 5.78 Å². The van der Waals surface area contributed by atoms with E-state index in [2.05, 4.69) is 4.98 Å². The topological polar surface area (TPSA) is 56.7 Å². The van der Waals surface area contributed by atoms with E-state index in [0.717, 1.165) is 10.4 Å². The SMILES string of the molecule is O=C1C2=CC=CCN2C(Cc2cnc(Cl)s2)N(O)C1c1ccccc1. The Morgan fingerprint density at radius 1 is 1.32 bits per heavy atom. The first-order chi connectivity index (χ1) is 12.1. The molecule has 0 radical (unpaired) electrons. The van der Waals surface area contributed by atoms with Gasteiger partial charge in [0.25, 0.3) is 0 Å². The third-order valence-corrected chi connectivity index (χ3v) is 5.59.